The third-order valence-corrected chi connectivity index (χ3v) is 3.98. The molecule has 0 aromatic heterocycles. The van der Waals surface area contributed by atoms with Gasteiger partial charge in [-0.15, -0.1) is 0 Å². The molecule has 0 aliphatic carbocycles. The van der Waals surface area contributed by atoms with Gasteiger partial charge >= 0.3 is 0 Å². The smallest absolute Gasteiger partial charge is 0.252 e. The summed E-state index contributed by atoms with van der Waals surface area (Å²) in [5.41, 5.74) is 6.62. The van der Waals surface area contributed by atoms with E-state index in [0.717, 1.165) is 12.0 Å². The molecule has 0 saturated heterocycles. The standard InChI is InChI=1S/C14H19NO2/c1-13(2)8-9-6-5-7-10(12(15)16)11(9)17-14(13,3)4/h5-7H,8H2,1-4H3,(H2,15,16). The van der Waals surface area contributed by atoms with Gasteiger partial charge in [0.05, 0.1) is 5.56 Å². The van der Waals surface area contributed by atoms with E-state index in [2.05, 4.69) is 13.8 Å². The maximum absolute atomic E-state index is 11.4. The van der Waals surface area contributed by atoms with Crippen molar-refractivity contribution in [2.75, 3.05) is 0 Å². The predicted molar refractivity (Wildman–Crippen MR) is 67.2 cm³/mol. The molecule has 0 fully saturated rings. The van der Waals surface area contributed by atoms with E-state index >= 15 is 0 Å². The van der Waals surface area contributed by atoms with Crippen molar-refractivity contribution in [3.05, 3.63) is 29.3 Å². The second-order valence-corrected chi connectivity index (χ2v) is 5.83. The zero-order valence-corrected chi connectivity index (χ0v) is 10.8. The first-order valence-corrected chi connectivity index (χ1v) is 5.85. The molecule has 1 heterocycles. The minimum absolute atomic E-state index is 0.0241. The molecule has 0 atom stereocenters. The number of fused-ring (bicyclic) bond motifs is 1. The summed E-state index contributed by atoms with van der Waals surface area (Å²) in [6.07, 6.45) is 0.885. The Hall–Kier alpha value is -1.51. The van der Waals surface area contributed by atoms with E-state index in [1.807, 2.05) is 26.0 Å². The number of hydrogen-bond acceptors (Lipinski definition) is 2. The Kier molecular flexibility index (Phi) is 2.45. The molecule has 1 aromatic carbocycles. The topological polar surface area (TPSA) is 52.3 Å². The largest absolute Gasteiger partial charge is 0.486 e. The lowest BCUT2D eigenvalue weighted by atomic mass is 9.70. The van der Waals surface area contributed by atoms with E-state index in [0.29, 0.717) is 11.3 Å². The predicted octanol–water partition coefficient (Wildman–Crippen LogP) is 2.53. The molecule has 1 amide bonds. The van der Waals surface area contributed by atoms with Crippen LogP contribution in [0.5, 0.6) is 5.75 Å². The van der Waals surface area contributed by atoms with Gasteiger partial charge in [0.2, 0.25) is 0 Å². The van der Waals surface area contributed by atoms with Gasteiger partial charge in [0, 0.05) is 5.41 Å². The second-order valence-electron chi connectivity index (χ2n) is 5.83. The lowest BCUT2D eigenvalue weighted by Crippen LogP contribution is -2.49. The zero-order valence-electron chi connectivity index (χ0n) is 10.8. The minimum Gasteiger partial charge on any atom is -0.486 e. The molecular weight excluding hydrogens is 214 g/mol. The van der Waals surface area contributed by atoms with Crippen LogP contribution in [0.2, 0.25) is 0 Å². The van der Waals surface area contributed by atoms with Crippen LogP contribution in [0.15, 0.2) is 18.2 Å². The molecule has 3 nitrogen and oxygen atoms in total. The van der Waals surface area contributed by atoms with Crippen LogP contribution in [-0.4, -0.2) is 11.5 Å². The molecule has 1 aliphatic heterocycles. The summed E-state index contributed by atoms with van der Waals surface area (Å²) in [6, 6.07) is 5.57. The Morgan fingerprint density at radius 2 is 1.94 bits per heavy atom. The molecule has 2 rings (SSSR count). The van der Waals surface area contributed by atoms with Crippen molar-refractivity contribution in [1.82, 2.24) is 0 Å². The minimum atomic E-state index is -0.433. The van der Waals surface area contributed by atoms with Gasteiger partial charge in [-0.3, -0.25) is 4.79 Å². The van der Waals surface area contributed by atoms with Crippen molar-refractivity contribution in [2.45, 2.75) is 39.7 Å². The monoisotopic (exact) mass is 233 g/mol. The van der Waals surface area contributed by atoms with Gasteiger partial charge in [0.1, 0.15) is 11.4 Å². The number of carbonyl (C=O) groups excluding carboxylic acids is 1. The van der Waals surface area contributed by atoms with Crippen molar-refractivity contribution >= 4 is 5.91 Å². The van der Waals surface area contributed by atoms with E-state index < -0.39 is 5.91 Å². The van der Waals surface area contributed by atoms with Crippen LogP contribution in [0, 0.1) is 5.41 Å². The Labute approximate surface area is 102 Å². The summed E-state index contributed by atoms with van der Waals surface area (Å²) in [5, 5.41) is 0. The van der Waals surface area contributed by atoms with Gasteiger partial charge in [-0.05, 0) is 31.9 Å². The number of amides is 1. The van der Waals surface area contributed by atoms with Gasteiger partial charge < -0.3 is 10.5 Å². The highest BCUT2D eigenvalue weighted by Gasteiger charge is 2.44. The average Bonchev–Trinajstić information content (AvgIpc) is 2.17. The molecule has 0 spiro atoms. The average molecular weight is 233 g/mol. The number of rotatable bonds is 1. The van der Waals surface area contributed by atoms with Gasteiger partial charge in [0.25, 0.3) is 5.91 Å². The third kappa shape index (κ3) is 1.79. The Balaban J connectivity index is 2.57. The fourth-order valence-electron chi connectivity index (χ4n) is 2.12. The number of ether oxygens (including phenoxy) is 1. The number of para-hydroxylation sites is 1. The molecule has 0 bridgehead atoms. The molecule has 1 aromatic rings. The Bertz CT molecular complexity index is 475. The first kappa shape index (κ1) is 12.0. The number of carbonyl (C=O) groups is 1. The summed E-state index contributed by atoms with van der Waals surface area (Å²) >= 11 is 0. The maximum Gasteiger partial charge on any atom is 0.252 e. The summed E-state index contributed by atoms with van der Waals surface area (Å²) in [5.74, 6) is 0.224. The van der Waals surface area contributed by atoms with Crippen LogP contribution in [0.25, 0.3) is 0 Å². The molecule has 1 aliphatic rings. The van der Waals surface area contributed by atoms with Crippen LogP contribution in [0.3, 0.4) is 0 Å². The lowest BCUT2D eigenvalue weighted by Gasteiger charge is -2.46. The van der Waals surface area contributed by atoms with Crippen LogP contribution < -0.4 is 10.5 Å². The van der Waals surface area contributed by atoms with Crippen molar-refractivity contribution in [3.63, 3.8) is 0 Å². The highest BCUT2D eigenvalue weighted by atomic mass is 16.5. The second kappa shape index (κ2) is 3.49. The highest BCUT2D eigenvalue weighted by Crippen LogP contribution is 2.45. The van der Waals surface area contributed by atoms with Gasteiger partial charge in [0.15, 0.2) is 0 Å². The van der Waals surface area contributed by atoms with E-state index in [-0.39, 0.29) is 11.0 Å². The Morgan fingerprint density at radius 1 is 1.29 bits per heavy atom. The van der Waals surface area contributed by atoms with E-state index in [9.17, 15) is 4.79 Å². The van der Waals surface area contributed by atoms with Crippen LogP contribution >= 0.6 is 0 Å². The van der Waals surface area contributed by atoms with Crippen molar-refractivity contribution in [2.24, 2.45) is 11.1 Å². The van der Waals surface area contributed by atoms with Crippen molar-refractivity contribution < 1.29 is 9.53 Å². The normalized spacial score (nSPS) is 20.2. The van der Waals surface area contributed by atoms with Gasteiger partial charge in [-0.2, -0.15) is 0 Å². The molecule has 2 N–H and O–H groups in total. The molecule has 0 unspecified atom stereocenters. The zero-order chi connectivity index (χ0) is 12.8. The quantitative estimate of drug-likeness (QED) is 0.810. The van der Waals surface area contributed by atoms with Crippen LogP contribution in [-0.2, 0) is 6.42 Å². The van der Waals surface area contributed by atoms with E-state index in [1.165, 1.54) is 0 Å². The molecule has 0 saturated carbocycles. The lowest BCUT2D eigenvalue weighted by molar-refractivity contribution is -0.0275. The highest BCUT2D eigenvalue weighted by molar-refractivity contribution is 5.96. The van der Waals surface area contributed by atoms with Gasteiger partial charge in [-0.25, -0.2) is 0 Å². The summed E-state index contributed by atoms with van der Waals surface area (Å²) < 4.78 is 6.03. The number of benzene rings is 1. The first-order chi connectivity index (χ1) is 7.74. The Morgan fingerprint density at radius 3 is 2.53 bits per heavy atom. The summed E-state index contributed by atoms with van der Waals surface area (Å²) in [6.45, 7) is 8.45. The molecule has 92 valence electrons. The van der Waals surface area contributed by atoms with E-state index in [4.69, 9.17) is 10.5 Å². The number of hydrogen-bond donors (Lipinski definition) is 1. The van der Waals surface area contributed by atoms with Gasteiger partial charge in [-0.1, -0.05) is 26.0 Å². The van der Waals surface area contributed by atoms with Crippen molar-refractivity contribution in [3.8, 4) is 5.75 Å². The fraction of sp³-hybridized carbons (Fsp3) is 0.500. The molecule has 3 heteroatoms. The van der Waals surface area contributed by atoms with Crippen LogP contribution in [0.4, 0.5) is 0 Å². The molecular formula is C14H19NO2. The van der Waals surface area contributed by atoms with E-state index in [1.54, 1.807) is 6.07 Å². The van der Waals surface area contributed by atoms with Crippen LogP contribution in [0.1, 0.15) is 43.6 Å². The summed E-state index contributed by atoms with van der Waals surface area (Å²) in [7, 11) is 0. The summed E-state index contributed by atoms with van der Waals surface area (Å²) in [4.78, 5) is 11.4. The SMILES string of the molecule is CC1(C)Cc2cccc(C(N)=O)c2OC1(C)C. The number of nitrogens with two attached hydrogens (primary N) is 1. The maximum atomic E-state index is 11.4. The third-order valence-electron chi connectivity index (χ3n) is 3.98. The molecule has 0 radical (unpaired) electrons. The first-order valence-electron chi connectivity index (χ1n) is 5.85. The number of primary amides is 1. The fourth-order valence-corrected chi connectivity index (χ4v) is 2.12. The molecule has 17 heavy (non-hydrogen) atoms. The van der Waals surface area contributed by atoms with Crippen molar-refractivity contribution in [1.29, 1.82) is 0 Å².